The number of halogens is 2. The lowest BCUT2D eigenvalue weighted by Gasteiger charge is -2.21. The van der Waals surface area contributed by atoms with Gasteiger partial charge in [-0.3, -0.25) is 0 Å². The van der Waals surface area contributed by atoms with Crippen LogP contribution in [0, 0.1) is 0 Å². The number of nitrogens with zero attached hydrogens (tertiary/aromatic N) is 3. The van der Waals surface area contributed by atoms with Gasteiger partial charge < -0.3 is 10.3 Å². The highest BCUT2D eigenvalue weighted by Gasteiger charge is 2.32. The predicted molar refractivity (Wildman–Crippen MR) is 117 cm³/mol. The Labute approximate surface area is 173 Å². The van der Waals surface area contributed by atoms with Crippen molar-refractivity contribution in [3.05, 3.63) is 68.7 Å². The van der Waals surface area contributed by atoms with Crippen molar-refractivity contribution >= 4 is 65.8 Å². The average Bonchev–Trinajstić information content (AvgIpc) is 3.17. The van der Waals surface area contributed by atoms with Crippen LogP contribution in [0.2, 0.25) is 0 Å². The number of fused-ring (bicyclic) bond motifs is 1. The summed E-state index contributed by atoms with van der Waals surface area (Å²) in [5.41, 5.74) is 10.4. The van der Waals surface area contributed by atoms with Crippen LogP contribution in [0.4, 0.5) is 0 Å². The third-order valence-electron chi connectivity index (χ3n) is 4.65. The molecule has 0 aliphatic carbocycles. The van der Waals surface area contributed by atoms with Crippen molar-refractivity contribution in [3.8, 4) is 0 Å². The number of aryl methyl sites for hydroxylation is 1. The molecule has 2 aromatic carbocycles. The molecule has 2 N–H and O–H groups in total. The van der Waals surface area contributed by atoms with Crippen molar-refractivity contribution in [3.63, 3.8) is 0 Å². The molecule has 1 atom stereocenters. The van der Waals surface area contributed by atoms with Crippen LogP contribution in [-0.2, 0) is 7.05 Å². The minimum Gasteiger partial charge on any atom is -0.375 e. The summed E-state index contributed by atoms with van der Waals surface area (Å²) in [7, 11) is 2.05. The van der Waals surface area contributed by atoms with E-state index in [1.807, 2.05) is 12.1 Å². The SMILES string of the molecule is Cn1cc(C2CC(c3ccc(Br)cc3)=NN2C(N)=S)c2cc(Br)ccc21. The van der Waals surface area contributed by atoms with E-state index in [2.05, 4.69) is 80.0 Å². The van der Waals surface area contributed by atoms with E-state index < -0.39 is 0 Å². The second-order valence-corrected chi connectivity index (χ2v) is 8.56. The van der Waals surface area contributed by atoms with Gasteiger partial charge in [0.1, 0.15) is 0 Å². The van der Waals surface area contributed by atoms with Crippen molar-refractivity contribution in [1.82, 2.24) is 9.58 Å². The van der Waals surface area contributed by atoms with E-state index in [9.17, 15) is 0 Å². The van der Waals surface area contributed by atoms with E-state index in [0.717, 1.165) is 26.6 Å². The Balaban J connectivity index is 1.79. The van der Waals surface area contributed by atoms with Crippen molar-refractivity contribution in [2.45, 2.75) is 12.5 Å². The topological polar surface area (TPSA) is 46.5 Å². The molecule has 0 fully saturated rings. The van der Waals surface area contributed by atoms with Gasteiger partial charge in [0.25, 0.3) is 0 Å². The van der Waals surface area contributed by atoms with E-state index in [4.69, 9.17) is 23.1 Å². The number of hydrogen-bond acceptors (Lipinski definition) is 2. The number of benzene rings is 2. The van der Waals surface area contributed by atoms with Crippen LogP contribution in [0.3, 0.4) is 0 Å². The zero-order valence-electron chi connectivity index (χ0n) is 14.0. The van der Waals surface area contributed by atoms with Gasteiger partial charge in [0.15, 0.2) is 5.11 Å². The predicted octanol–water partition coefficient (Wildman–Crippen LogP) is 5.10. The summed E-state index contributed by atoms with van der Waals surface area (Å²) < 4.78 is 4.22. The maximum atomic E-state index is 6.00. The summed E-state index contributed by atoms with van der Waals surface area (Å²) in [6.07, 6.45) is 2.90. The first kappa shape index (κ1) is 17.7. The molecule has 0 bridgehead atoms. The summed E-state index contributed by atoms with van der Waals surface area (Å²) >= 11 is 12.3. The summed E-state index contributed by atoms with van der Waals surface area (Å²) in [5, 5.41) is 7.96. The zero-order valence-corrected chi connectivity index (χ0v) is 18.0. The van der Waals surface area contributed by atoms with Crippen molar-refractivity contribution in [2.75, 3.05) is 0 Å². The van der Waals surface area contributed by atoms with Gasteiger partial charge >= 0.3 is 0 Å². The van der Waals surface area contributed by atoms with Crippen LogP contribution in [0.5, 0.6) is 0 Å². The highest BCUT2D eigenvalue weighted by molar-refractivity contribution is 9.10. The van der Waals surface area contributed by atoms with E-state index in [1.165, 1.54) is 16.5 Å². The van der Waals surface area contributed by atoms with Gasteiger partial charge in [-0.1, -0.05) is 44.0 Å². The maximum absolute atomic E-state index is 6.00. The van der Waals surface area contributed by atoms with Crippen LogP contribution < -0.4 is 5.73 Å². The van der Waals surface area contributed by atoms with Gasteiger partial charge in [0.2, 0.25) is 0 Å². The van der Waals surface area contributed by atoms with Crippen LogP contribution >= 0.6 is 44.1 Å². The molecule has 0 amide bonds. The van der Waals surface area contributed by atoms with Crippen LogP contribution in [-0.4, -0.2) is 20.4 Å². The fourth-order valence-electron chi connectivity index (χ4n) is 3.43. The molecule has 1 aliphatic heterocycles. The minimum atomic E-state index is -0.0100. The number of nitrogens with two attached hydrogens (primary N) is 1. The molecule has 4 rings (SSSR count). The third-order valence-corrected chi connectivity index (χ3v) is 5.86. The van der Waals surface area contributed by atoms with Gasteiger partial charge in [-0.05, 0) is 48.1 Å². The Bertz CT molecular complexity index is 1040. The maximum Gasteiger partial charge on any atom is 0.187 e. The lowest BCUT2D eigenvalue weighted by molar-refractivity contribution is 0.374. The minimum absolute atomic E-state index is 0.0100. The van der Waals surface area contributed by atoms with E-state index in [-0.39, 0.29) is 11.2 Å². The van der Waals surface area contributed by atoms with Gasteiger partial charge in [0.05, 0.1) is 11.8 Å². The molecule has 2 heterocycles. The van der Waals surface area contributed by atoms with Crippen molar-refractivity contribution in [2.24, 2.45) is 17.9 Å². The lowest BCUT2D eigenvalue weighted by Crippen LogP contribution is -2.31. The van der Waals surface area contributed by atoms with Gasteiger partial charge in [-0.25, -0.2) is 5.01 Å². The first-order valence-electron chi connectivity index (χ1n) is 8.10. The number of hydrazone groups is 1. The van der Waals surface area contributed by atoms with Crippen molar-refractivity contribution < 1.29 is 0 Å². The number of thiocarbonyl (C=S) groups is 1. The molecule has 4 nitrogen and oxygen atoms in total. The van der Waals surface area contributed by atoms with E-state index in [1.54, 1.807) is 5.01 Å². The van der Waals surface area contributed by atoms with Gasteiger partial charge in [0, 0.05) is 45.1 Å². The summed E-state index contributed by atoms with van der Waals surface area (Å²) in [5.74, 6) is 0. The van der Waals surface area contributed by atoms with Crippen LogP contribution in [0.25, 0.3) is 10.9 Å². The molecule has 1 aromatic heterocycles. The average molecular weight is 492 g/mol. The van der Waals surface area contributed by atoms with Gasteiger partial charge in [-0.15, -0.1) is 0 Å². The molecule has 3 aromatic rings. The van der Waals surface area contributed by atoms with E-state index >= 15 is 0 Å². The number of aromatic nitrogens is 1. The summed E-state index contributed by atoms with van der Waals surface area (Å²) in [6.45, 7) is 0. The third kappa shape index (κ3) is 3.08. The van der Waals surface area contributed by atoms with Crippen LogP contribution in [0.15, 0.2) is 62.7 Å². The Morgan fingerprint density at radius 3 is 2.54 bits per heavy atom. The molecule has 132 valence electrons. The highest BCUT2D eigenvalue weighted by atomic mass is 79.9. The normalized spacial score (nSPS) is 17.0. The standard InChI is InChI=1S/C19H16Br2N4S/c1-24-10-15(14-8-13(21)6-7-17(14)24)18-9-16(23-25(18)19(22)26)11-2-4-12(20)5-3-11/h2-8,10,18H,9H2,1H3,(H2,22,26). The molecule has 0 saturated carbocycles. The molecule has 0 radical (unpaired) electrons. The smallest absolute Gasteiger partial charge is 0.187 e. The first-order chi connectivity index (χ1) is 12.4. The largest absolute Gasteiger partial charge is 0.375 e. The molecule has 1 unspecified atom stereocenters. The number of hydrogen-bond donors (Lipinski definition) is 1. The van der Waals surface area contributed by atoms with Gasteiger partial charge in [-0.2, -0.15) is 5.10 Å². The first-order valence-corrected chi connectivity index (χ1v) is 10.1. The molecule has 0 saturated heterocycles. The molecule has 0 spiro atoms. The quantitative estimate of drug-likeness (QED) is 0.507. The second kappa shape index (κ2) is 6.79. The number of rotatable bonds is 2. The lowest BCUT2D eigenvalue weighted by atomic mass is 9.98. The fraction of sp³-hybridized carbons (Fsp3) is 0.158. The summed E-state index contributed by atoms with van der Waals surface area (Å²) in [6, 6.07) is 14.4. The Hall–Kier alpha value is -1.70. The molecular formula is C19H16Br2N4S. The Morgan fingerprint density at radius 2 is 1.85 bits per heavy atom. The molecule has 26 heavy (non-hydrogen) atoms. The molecule has 1 aliphatic rings. The second-order valence-electron chi connectivity index (χ2n) is 6.31. The molecule has 7 heteroatoms. The molecular weight excluding hydrogens is 476 g/mol. The van der Waals surface area contributed by atoms with E-state index in [0.29, 0.717) is 0 Å². The monoisotopic (exact) mass is 490 g/mol. The fourth-order valence-corrected chi connectivity index (χ4v) is 4.23. The zero-order chi connectivity index (χ0) is 18.4. The highest BCUT2D eigenvalue weighted by Crippen LogP contribution is 2.38. The Kier molecular flexibility index (Phi) is 4.62. The van der Waals surface area contributed by atoms with Crippen molar-refractivity contribution in [1.29, 1.82) is 0 Å². The van der Waals surface area contributed by atoms with Crippen LogP contribution in [0.1, 0.15) is 23.6 Å². The Morgan fingerprint density at radius 1 is 1.15 bits per heavy atom. The summed E-state index contributed by atoms with van der Waals surface area (Å²) in [4.78, 5) is 0.